The van der Waals surface area contributed by atoms with Crippen LogP contribution in [-0.2, 0) is 14.8 Å². The number of ether oxygens (including phenoxy) is 3. The van der Waals surface area contributed by atoms with Crippen LogP contribution in [0.25, 0.3) is 0 Å². The minimum absolute atomic E-state index is 0.0312. The fourth-order valence-electron chi connectivity index (χ4n) is 3.39. The first-order chi connectivity index (χ1) is 16.9. The van der Waals surface area contributed by atoms with Gasteiger partial charge in [0.15, 0.2) is 5.75 Å². The normalized spacial score (nSPS) is 14.3. The molecule has 184 valence electrons. The number of carbonyl (C=O) groups is 1. The van der Waals surface area contributed by atoms with Crippen LogP contribution in [0.1, 0.15) is 23.1 Å². The maximum atomic E-state index is 13.2. The number of anilines is 1. The Hall–Kier alpha value is -3.54. The number of hydrogen-bond acceptors (Lipinski definition) is 8. The van der Waals surface area contributed by atoms with Crippen molar-refractivity contribution in [1.29, 1.82) is 0 Å². The van der Waals surface area contributed by atoms with E-state index in [4.69, 9.17) is 14.2 Å². The van der Waals surface area contributed by atoms with Crippen molar-refractivity contribution in [1.82, 2.24) is 14.3 Å². The summed E-state index contributed by atoms with van der Waals surface area (Å²) in [5.74, 6) is 0.902. The molecule has 0 radical (unpaired) electrons. The summed E-state index contributed by atoms with van der Waals surface area (Å²) in [5, 5.41) is 2.71. The third-order valence-corrected chi connectivity index (χ3v) is 7.08. The molecule has 1 saturated heterocycles. The summed E-state index contributed by atoms with van der Waals surface area (Å²) in [7, 11) is -3.79. The largest absolute Gasteiger partial charge is 0.494 e. The number of sulfonamides is 1. The number of rotatable bonds is 8. The highest BCUT2D eigenvalue weighted by atomic mass is 32.2. The SMILES string of the molecule is CCOc1ccc(Oc2ccc(S(=O)(=O)N3CCOCC3)cc2NC(=O)c2cnc(C)cn2)cc1. The summed E-state index contributed by atoms with van der Waals surface area (Å²) in [4.78, 5) is 21.1. The topological polar surface area (TPSA) is 120 Å². The molecule has 10 nitrogen and oxygen atoms in total. The van der Waals surface area contributed by atoms with E-state index in [0.717, 1.165) is 0 Å². The van der Waals surface area contributed by atoms with Crippen LogP contribution in [0, 0.1) is 6.92 Å². The van der Waals surface area contributed by atoms with Crippen molar-refractivity contribution in [3.8, 4) is 17.2 Å². The van der Waals surface area contributed by atoms with Gasteiger partial charge in [0.25, 0.3) is 5.91 Å². The quantitative estimate of drug-likeness (QED) is 0.503. The Labute approximate surface area is 203 Å². The molecule has 1 N–H and O–H groups in total. The highest BCUT2D eigenvalue weighted by Crippen LogP contribution is 2.34. The molecule has 3 aromatic rings. The lowest BCUT2D eigenvalue weighted by Gasteiger charge is -2.26. The predicted molar refractivity (Wildman–Crippen MR) is 128 cm³/mol. The van der Waals surface area contributed by atoms with Gasteiger partial charge < -0.3 is 19.5 Å². The molecular weight excluding hydrogens is 472 g/mol. The van der Waals surface area contributed by atoms with E-state index in [9.17, 15) is 13.2 Å². The molecule has 2 heterocycles. The van der Waals surface area contributed by atoms with Gasteiger partial charge in [-0.05, 0) is 56.3 Å². The number of benzene rings is 2. The molecule has 35 heavy (non-hydrogen) atoms. The summed E-state index contributed by atoms with van der Waals surface area (Å²) in [6, 6.07) is 11.3. The Kier molecular flexibility index (Phi) is 7.59. The molecular formula is C24H26N4O6S. The molecule has 0 spiro atoms. The van der Waals surface area contributed by atoms with Gasteiger partial charge >= 0.3 is 0 Å². The third kappa shape index (κ3) is 5.94. The highest BCUT2D eigenvalue weighted by Gasteiger charge is 2.27. The van der Waals surface area contributed by atoms with Crippen LogP contribution >= 0.6 is 0 Å². The standard InChI is InChI=1S/C24H26N4O6S/c1-3-33-18-4-6-19(7-5-18)34-23-9-8-20(35(30,31)28-10-12-32-13-11-28)14-21(23)27-24(29)22-16-25-17(2)15-26-22/h4-9,14-16H,3,10-13H2,1-2H3,(H,27,29). The zero-order chi connectivity index (χ0) is 24.8. The summed E-state index contributed by atoms with van der Waals surface area (Å²) in [6.45, 7) is 5.36. The van der Waals surface area contributed by atoms with E-state index >= 15 is 0 Å². The lowest BCUT2D eigenvalue weighted by Crippen LogP contribution is -2.40. The van der Waals surface area contributed by atoms with E-state index < -0.39 is 15.9 Å². The maximum Gasteiger partial charge on any atom is 0.275 e. The van der Waals surface area contributed by atoms with Crippen LogP contribution in [0.4, 0.5) is 5.69 Å². The Morgan fingerprint density at radius 2 is 1.77 bits per heavy atom. The molecule has 0 atom stereocenters. The lowest BCUT2D eigenvalue weighted by molar-refractivity contribution is 0.0730. The zero-order valence-corrected chi connectivity index (χ0v) is 20.2. The molecule has 0 saturated carbocycles. The van der Waals surface area contributed by atoms with Crippen molar-refractivity contribution in [2.24, 2.45) is 0 Å². The Bertz CT molecular complexity index is 1270. The minimum Gasteiger partial charge on any atom is -0.494 e. The predicted octanol–water partition coefficient (Wildman–Crippen LogP) is 3.25. The van der Waals surface area contributed by atoms with E-state index in [2.05, 4.69) is 15.3 Å². The molecule has 0 aliphatic carbocycles. The molecule has 11 heteroatoms. The number of amides is 1. The van der Waals surface area contributed by atoms with Crippen molar-refractivity contribution in [2.45, 2.75) is 18.7 Å². The molecule has 1 aliphatic heterocycles. The van der Waals surface area contributed by atoms with E-state index in [1.165, 1.54) is 34.9 Å². The van der Waals surface area contributed by atoms with Crippen molar-refractivity contribution < 1.29 is 27.4 Å². The lowest BCUT2D eigenvalue weighted by atomic mass is 10.2. The first-order valence-electron chi connectivity index (χ1n) is 11.1. The fraction of sp³-hybridized carbons (Fsp3) is 0.292. The van der Waals surface area contributed by atoms with Gasteiger partial charge in [-0.3, -0.25) is 9.78 Å². The maximum absolute atomic E-state index is 13.2. The van der Waals surface area contributed by atoms with E-state index in [1.807, 2.05) is 6.92 Å². The molecule has 0 bridgehead atoms. The first-order valence-corrected chi connectivity index (χ1v) is 12.5. The second-order valence-corrected chi connectivity index (χ2v) is 9.62. The number of nitrogens with zero attached hydrogens (tertiary/aromatic N) is 3. The molecule has 0 unspecified atom stereocenters. The second-order valence-electron chi connectivity index (χ2n) is 7.68. The number of carbonyl (C=O) groups excluding carboxylic acids is 1. The van der Waals surface area contributed by atoms with Gasteiger partial charge in [0, 0.05) is 19.3 Å². The minimum atomic E-state index is -3.79. The van der Waals surface area contributed by atoms with Gasteiger partial charge in [-0.2, -0.15) is 4.31 Å². The Balaban J connectivity index is 1.66. The fourth-order valence-corrected chi connectivity index (χ4v) is 4.82. The average Bonchev–Trinajstić information content (AvgIpc) is 2.87. The van der Waals surface area contributed by atoms with Gasteiger partial charge in [-0.25, -0.2) is 13.4 Å². The van der Waals surface area contributed by atoms with Gasteiger partial charge in [-0.1, -0.05) is 0 Å². The van der Waals surface area contributed by atoms with Crippen LogP contribution in [0.5, 0.6) is 17.2 Å². The summed E-state index contributed by atoms with van der Waals surface area (Å²) in [6.07, 6.45) is 2.83. The molecule has 4 rings (SSSR count). The number of aromatic nitrogens is 2. The van der Waals surface area contributed by atoms with Gasteiger partial charge in [0.05, 0.1) is 42.3 Å². The van der Waals surface area contributed by atoms with Crippen molar-refractivity contribution in [2.75, 3.05) is 38.2 Å². The smallest absolute Gasteiger partial charge is 0.275 e. The van der Waals surface area contributed by atoms with E-state index in [1.54, 1.807) is 31.2 Å². The molecule has 1 aromatic heterocycles. The Morgan fingerprint density at radius 1 is 1.06 bits per heavy atom. The van der Waals surface area contributed by atoms with Gasteiger partial charge in [-0.15, -0.1) is 0 Å². The zero-order valence-electron chi connectivity index (χ0n) is 19.4. The monoisotopic (exact) mass is 498 g/mol. The van der Waals surface area contributed by atoms with Crippen LogP contribution in [-0.4, -0.2) is 61.5 Å². The van der Waals surface area contributed by atoms with Crippen LogP contribution in [0.3, 0.4) is 0 Å². The first kappa shape index (κ1) is 24.6. The van der Waals surface area contributed by atoms with E-state index in [-0.39, 0.29) is 35.1 Å². The summed E-state index contributed by atoms with van der Waals surface area (Å²) in [5.41, 5.74) is 0.935. The van der Waals surface area contributed by atoms with Crippen molar-refractivity contribution >= 4 is 21.6 Å². The molecule has 1 fully saturated rings. The van der Waals surface area contributed by atoms with Gasteiger partial charge in [0.2, 0.25) is 10.0 Å². The van der Waals surface area contributed by atoms with Gasteiger partial charge in [0.1, 0.15) is 17.2 Å². The molecule has 1 aliphatic rings. The highest BCUT2D eigenvalue weighted by molar-refractivity contribution is 7.89. The number of hydrogen-bond donors (Lipinski definition) is 1. The summed E-state index contributed by atoms with van der Waals surface area (Å²) >= 11 is 0. The average molecular weight is 499 g/mol. The van der Waals surface area contributed by atoms with Crippen LogP contribution in [0.15, 0.2) is 59.8 Å². The number of morpholine rings is 1. The van der Waals surface area contributed by atoms with Crippen molar-refractivity contribution in [3.05, 3.63) is 66.2 Å². The molecule has 1 amide bonds. The van der Waals surface area contributed by atoms with Crippen molar-refractivity contribution in [3.63, 3.8) is 0 Å². The number of nitrogens with one attached hydrogen (secondary N) is 1. The Morgan fingerprint density at radius 3 is 2.43 bits per heavy atom. The second kappa shape index (κ2) is 10.8. The van der Waals surface area contributed by atoms with E-state index in [0.29, 0.717) is 37.0 Å². The molecule has 2 aromatic carbocycles. The van der Waals surface area contributed by atoms with Crippen LogP contribution < -0.4 is 14.8 Å². The third-order valence-electron chi connectivity index (χ3n) is 5.18. The van der Waals surface area contributed by atoms with Crippen LogP contribution in [0.2, 0.25) is 0 Å². The number of aryl methyl sites for hydroxylation is 1. The summed E-state index contributed by atoms with van der Waals surface area (Å²) < 4.78 is 44.4.